The Bertz CT molecular complexity index is 382. The van der Waals surface area contributed by atoms with Crippen LogP contribution < -0.4 is 5.73 Å². The van der Waals surface area contributed by atoms with Crippen molar-refractivity contribution in [1.82, 2.24) is 4.90 Å². The average molecular weight is 237 g/mol. The number of anilines is 1. The highest BCUT2D eigenvalue weighted by molar-refractivity contribution is 6.33. The van der Waals surface area contributed by atoms with Crippen LogP contribution in [0.1, 0.15) is 18.9 Å². The topological polar surface area (TPSA) is 29.3 Å². The molecule has 0 aliphatic heterocycles. The van der Waals surface area contributed by atoms with Crippen LogP contribution in [0.5, 0.6) is 0 Å². The molecule has 0 spiro atoms. The first-order valence-corrected chi connectivity index (χ1v) is 5.75. The molecule has 0 radical (unpaired) electrons. The molecule has 1 aromatic carbocycles. The molecule has 0 aliphatic rings. The number of terminal acetylenes is 1. The number of benzene rings is 1. The molecule has 3 heteroatoms. The van der Waals surface area contributed by atoms with Crippen molar-refractivity contribution in [3.63, 3.8) is 0 Å². The van der Waals surface area contributed by atoms with Crippen LogP contribution in [0.15, 0.2) is 18.2 Å². The normalized spacial score (nSPS) is 10.4. The standard InChI is InChI=1S/C13H17ClN2/c1-3-7-16(8-4-2)10-11-5-6-13(15)12(14)9-11/h1,5-6,9H,4,7-8,10,15H2,2H3. The van der Waals surface area contributed by atoms with Gasteiger partial charge in [0.1, 0.15) is 0 Å². The lowest BCUT2D eigenvalue weighted by Crippen LogP contribution is -2.24. The highest BCUT2D eigenvalue weighted by Crippen LogP contribution is 2.20. The molecule has 16 heavy (non-hydrogen) atoms. The highest BCUT2D eigenvalue weighted by atomic mass is 35.5. The molecule has 0 fully saturated rings. The predicted octanol–water partition coefficient (Wildman–Crippen LogP) is 2.77. The van der Waals surface area contributed by atoms with Crippen LogP contribution in [-0.4, -0.2) is 18.0 Å². The van der Waals surface area contributed by atoms with Gasteiger partial charge in [-0.05, 0) is 30.7 Å². The van der Waals surface area contributed by atoms with Gasteiger partial charge in [-0.25, -0.2) is 0 Å². The molecule has 0 saturated heterocycles. The number of nitrogens with two attached hydrogens (primary N) is 1. The van der Waals surface area contributed by atoms with Crippen LogP contribution in [-0.2, 0) is 6.54 Å². The highest BCUT2D eigenvalue weighted by Gasteiger charge is 2.05. The molecule has 0 amide bonds. The van der Waals surface area contributed by atoms with Crippen molar-refractivity contribution in [2.75, 3.05) is 18.8 Å². The van der Waals surface area contributed by atoms with Crippen molar-refractivity contribution in [3.05, 3.63) is 28.8 Å². The summed E-state index contributed by atoms with van der Waals surface area (Å²) in [5, 5.41) is 0.606. The van der Waals surface area contributed by atoms with Crippen molar-refractivity contribution in [3.8, 4) is 12.3 Å². The minimum atomic E-state index is 0.606. The van der Waals surface area contributed by atoms with E-state index in [-0.39, 0.29) is 0 Å². The Kier molecular flexibility index (Phi) is 5.18. The fraction of sp³-hybridized carbons (Fsp3) is 0.385. The maximum Gasteiger partial charge on any atom is 0.0638 e. The summed E-state index contributed by atoms with van der Waals surface area (Å²) in [5.74, 6) is 2.67. The van der Waals surface area contributed by atoms with E-state index in [9.17, 15) is 0 Å². The van der Waals surface area contributed by atoms with E-state index in [4.69, 9.17) is 23.8 Å². The van der Waals surface area contributed by atoms with Gasteiger partial charge < -0.3 is 5.73 Å². The van der Waals surface area contributed by atoms with E-state index in [2.05, 4.69) is 17.7 Å². The number of nitrogen functional groups attached to an aromatic ring is 1. The molecule has 0 aliphatic carbocycles. The average Bonchev–Trinajstić information content (AvgIpc) is 2.24. The summed E-state index contributed by atoms with van der Waals surface area (Å²) >= 11 is 5.97. The van der Waals surface area contributed by atoms with Gasteiger partial charge in [0.15, 0.2) is 0 Å². The fourth-order valence-corrected chi connectivity index (χ4v) is 1.79. The lowest BCUT2D eigenvalue weighted by molar-refractivity contribution is 0.300. The Morgan fingerprint density at radius 2 is 2.25 bits per heavy atom. The van der Waals surface area contributed by atoms with Crippen LogP contribution in [0.3, 0.4) is 0 Å². The molecule has 0 saturated carbocycles. The zero-order chi connectivity index (χ0) is 12.0. The Hall–Kier alpha value is -1.17. The summed E-state index contributed by atoms with van der Waals surface area (Å²) in [6, 6.07) is 5.72. The van der Waals surface area contributed by atoms with E-state index in [0.29, 0.717) is 17.3 Å². The molecule has 0 unspecified atom stereocenters. The molecule has 0 heterocycles. The van der Waals surface area contributed by atoms with Gasteiger partial charge in [0.2, 0.25) is 0 Å². The van der Waals surface area contributed by atoms with Gasteiger partial charge in [0.05, 0.1) is 17.3 Å². The van der Waals surface area contributed by atoms with Crippen molar-refractivity contribution >= 4 is 17.3 Å². The molecular weight excluding hydrogens is 220 g/mol. The first-order chi connectivity index (χ1) is 7.67. The quantitative estimate of drug-likeness (QED) is 0.629. The van der Waals surface area contributed by atoms with Crippen LogP contribution in [0.2, 0.25) is 5.02 Å². The van der Waals surface area contributed by atoms with Crippen molar-refractivity contribution in [2.24, 2.45) is 0 Å². The fourth-order valence-electron chi connectivity index (χ4n) is 1.59. The van der Waals surface area contributed by atoms with Gasteiger partial charge in [0.25, 0.3) is 0 Å². The Morgan fingerprint density at radius 3 is 2.81 bits per heavy atom. The summed E-state index contributed by atoms with van der Waals surface area (Å²) in [6.07, 6.45) is 6.42. The van der Waals surface area contributed by atoms with Crippen molar-refractivity contribution in [2.45, 2.75) is 19.9 Å². The molecule has 86 valence electrons. The van der Waals surface area contributed by atoms with E-state index in [0.717, 1.165) is 25.1 Å². The second-order valence-electron chi connectivity index (χ2n) is 3.77. The SMILES string of the molecule is C#CCN(CCC)Cc1ccc(N)c(Cl)c1. The van der Waals surface area contributed by atoms with Gasteiger partial charge in [-0.3, -0.25) is 4.90 Å². The molecular formula is C13H17ClN2. The number of hydrogen-bond acceptors (Lipinski definition) is 2. The molecule has 0 aromatic heterocycles. The third-order valence-electron chi connectivity index (χ3n) is 2.33. The summed E-state index contributed by atoms with van der Waals surface area (Å²) in [5.41, 5.74) is 7.42. The van der Waals surface area contributed by atoms with Crippen LogP contribution in [0.25, 0.3) is 0 Å². The minimum absolute atomic E-state index is 0.606. The zero-order valence-corrected chi connectivity index (χ0v) is 10.3. The van der Waals surface area contributed by atoms with Crippen molar-refractivity contribution in [1.29, 1.82) is 0 Å². The second-order valence-corrected chi connectivity index (χ2v) is 4.18. The van der Waals surface area contributed by atoms with Gasteiger partial charge in [-0.2, -0.15) is 0 Å². The van der Waals surface area contributed by atoms with Gasteiger partial charge in [-0.15, -0.1) is 6.42 Å². The number of rotatable bonds is 5. The van der Waals surface area contributed by atoms with E-state index >= 15 is 0 Å². The summed E-state index contributed by atoms with van der Waals surface area (Å²) in [4.78, 5) is 2.21. The maximum absolute atomic E-state index is 5.97. The smallest absolute Gasteiger partial charge is 0.0638 e. The maximum atomic E-state index is 5.97. The summed E-state index contributed by atoms with van der Waals surface area (Å²) < 4.78 is 0. The van der Waals surface area contributed by atoms with Gasteiger partial charge >= 0.3 is 0 Å². The Morgan fingerprint density at radius 1 is 1.50 bits per heavy atom. The number of nitrogens with zero attached hydrogens (tertiary/aromatic N) is 1. The minimum Gasteiger partial charge on any atom is -0.398 e. The van der Waals surface area contributed by atoms with Crippen LogP contribution >= 0.6 is 11.6 Å². The molecule has 2 nitrogen and oxygen atoms in total. The van der Waals surface area contributed by atoms with E-state index in [1.807, 2.05) is 18.2 Å². The second kappa shape index (κ2) is 6.42. The zero-order valence-electron chi connectivity index (χ0n) is 9.54. The molecule has 2 N–H and O–H groups in total. The monoisotopic (exact) mass is 236 g/mol. The molecule has 0 atom stereocenters. The lowest BCUT2D eigenvalue weighted by Gasteiger charge is -2.19. The molecule has 1 aromatic rings. The van der Waals surface area contributed by atoms with Gasteiger partial charge in [0, 0.05) is 6.54 Å². The number of hydrogen-bond donors (Lipinski definition) is 1. The first-order valence-electron chi connectivity index (χ1n) is 5.37. The van der Waals surface area contributed by atoms with E-state index < -0.39 is 0 Å². The van der Waals surface area contributed by atoms with Crippen molar-refractivity contribution < 1.29 is 0 Å². The van der Waals surface area contributed by atoms with Crippen LogP contribution in [0, 0.1) is 12.3 Å². The van der Waals surface area contributed by atoms with E-state index in [1.165, 1.54) is 0 Å². The number of halogens is 1. The third kappa shape index (κ3) is 3.77. The van der Waals surface area contributed by atoms with Crippen LogP contribution in [0.4, 0.5) is 5.69 Å². The Labute approximate surface area is 102 Å². The van der Waals surface area contributed by atoms with Gasteiger partial charge in [-0.1, -0.05) is 30.5 Å². The molecule has 0 bridgehead atoms. The largest absolute Gasteiger partial charge is 0.398 e. The summed E-state index contributed by atoms with van der Waals surface area (Å²) in [6.45, 7) is 4.61. The first kappa shape index (κ1) is 12.9. The Balaban J connectivity index is 2.69. The predicted molar refractivity (Wildman–Crippen MR) is 70.3 cm³/mol. The third-order valence-corrected chi connectivity index (χ3v) is 2.65. The molecule has 1 rings (SSSR count). The summed E-state index contributed by atoms with van der Waals surface area (Å²) in [7, 11) is 0. The lowest BCUT2D eigenvalue weighted by atomic mass is 10.2. The van der Waals surface area contributed by atoms with E-state index in [1.54, 1.807) is 0 Å².